The first kappa shape index (κ1) is 15.5. The number of anilines is 2. The molecule has 0 aliphatic carbocycles. The predicted octanol–water partition coefficient (Wildman–Crippen LogP) is 2.59. The highest BCUT2D eigenvalue weighted by Gasteiger charge is 2.14. The van der Waals surface area contributed by atoms with Crippen molar-refractivity contribution in [2.45, 2.75) is 26.2 Å². The molecule has 2 rings (SSSR count). The lowest BCUT2D eigenvalue weighted by atomic mass is 10.4. The topological polar surface area (TPSA) is 44.3 Å². The highest BCUT2D eigenvalue weighted by molar-refractivity contribution is 9.10. The van der Waals surface area contributed by atoms with Gasteiger partial charge in [0, 0.05) is 32.9 Å². The summed E-state index contributed by atoms with van der Waals surface area (Å²) in [4.78, 5) is 13.6. The standard InChI is InChI=1S/C14H24BrN5/c1-3-6-16-14-17-11-12(15)13(18-14)19(2)9-10-20-7-4-5-8-20/h11H,3-10H2,1-2H3,(H,16,17,18). The summed E-state index contributed by atoms with van der Waals surface area (Å²) in [6.45, 7) is 7.60. The average molecular weight is 342 g/mol. The van der Waals surface area contributed by atoms with Gasteiger partial charge in [0.25, 0.3) is 0 Å². The van der Waals surface area contributed by atoms with Gasteiger partial charge in [-0.25, -0.2) is 4.98 Å². The Morgan fingerprint density at radius 3 is 2.85 bits per heavy atom. The minimum atomic E-state index is 0.707. The first-order chi connectivity index (χ1) is 9.70. The van der Waals surface area contributed by atoms with E-state index in [9.17, 15) is 0 Å². The Kier molecular flexibility index (Phi) is 6.04. The monoisotopic (exact) mass is 341 g/mol. The molecule has 1 aliphatic rings. The van der Waals surface area contributed by atoms with E-state index in [0.717, 1.165) is 36.3 Å². The van der Waals surface area contributed by atoms with E-state index < -0.39 is 0 Å². The Bertz CT molecular complexity index is 420. The van der Waals surface area contributed by atoms with E-state index in [1.807, 2.05) is 6.20 Å². The lowest BCUT2D eigenvalue weighted by molar-refractivity contribution is 0.346. The fourth-order valence-corrected chi connectivity index (χ4v) is 2.85. The second kappa shape index (κ2) is 7.78. The molecule has 1 aromatic heterocycles. The van der Waals surface area contributed by atoms with E-state index >= 15 is 0 Å². The van der Waals surface area contributed by atoms with Crippen LogP contribution < -0.4 is 10.2 Å². The molecule has 1 N–H and O–H groups in total. The van der Waals surface area contributed by atoms with E-state index in [0.29, 0.717) is 5.95 Å². The van der Waals surface area contributed by atoms with Gasteiger partial charge < -0.3 is 15.1 Å². The molecule has 20 heavy (non-hydrogen) atoms. The molecule has 112 valence electrons. The molecule has 1 fully saturated rings. The molecular formula is C14H24BrN5. The van der Waals surface area contributed by atoms with Gasteiger partial charge in [0.1, 0.15) is 5.82 Å². The van der Waals surface area contributed by atoms with Gasteiger partial charge >= 0.3 is 0 Å². The SMILES string of the molecule is CCCNc1ncc(Br)c(N(C)CCN2CCCC2)n1. The molecule has 0 radical (unpaired) electrons. The molecule has 0 atom stereocenters. The summed E-state index contributed by atoms with van der Waals surface area (Å²) in [6.07, 6.45) is 5.57. The third-order valence-corrected chi connectivity index (χ3v) is 4.13. The van der Waals surface area contributed by atoms with Crippen LogP contribution in [0.15, 0.2) is 10.7 Å². The number of rotatable bonds is 7. The minimum Gasteiger partial charge on any atom is -0.357 e. The average Bonchev–Trinajstić information content (AvgIpc) is 2.97. The number of nitrogens with one attached hydrogen (secondary N) is 1. The summed E-state index contributed by atoms with van der Waals surface area (Å²) in [5, 5.41) is 3.23. The molecule has 1 saturated heterocycles. The summed E-state index contributed by atoms with van der Waals surface area (Å²) in [5.74, 6) is 1.66. The highest BCUT2D eigenvalue weighted by Crippen LogP contribution is 2.23. The summed E-state index contributed by atoms with van der Waals surface area (Å²) >= 11 is 3.54. The van der Waals surface area contributed by atoms with Crippen LogP contribution in [-0.4, -0.2) is 54.6 Å². The summed E-state index contributed by atoms with van der Waals surface area (Å²) in [6, 6.07) is 0. The summed E-state index contributed by atoms with van der Waals surface area (Å²) < 4.78 is 0.948. The predicted molar refractivity (Wildman–Crippen MR) is 87.5 cm³/mol. The van der Waals surface area contributed by atoms with Gasteiger partial charge in [-0.15, -0.1) is 0 Å². The first-order valence-electron chi connectivity index (χ1n) is 7.40. The third kappa shape index (κ3) is 4.31. The zero-order valence-corrected chi connectivity index (χ0v) is 14.0. The van der Waals surface area contributed by atoms with Gasteiger partial charge in [-0.05, 0) is 48.3 Å². The van der Waals surface area contributed by atoms with E-state index in [2.05, 4.69) is 55.0 Å². The van der Waals surface area contributed by atoms with Crippen molar-refractivity contribution in [3.05, 3.63) is 10.7 Å². The van der Waals surface area contributed by atoms with Crippen molar-refractivity contribution in [1.29, 1.82) is 0 Å². The van der Waals surface area contributed by atoms with E-state index in [-0.39, 0.29) is 0 Å². The Labute approximate surface area is 129 Å². The normalized spacial score (nSPS) is 15.6. The van der Waals surface area contributed by atoms with Crippen LogP contribution in [0.5, 0.6) is 0 Å². The van der Waals surface area contributed by atoms with Gasteiger partial charge in [-0.2, -0.15) is 4.98 Å². The molecule has 2 heterocycles. The summed E-state index contributed by atoms with van der Waals surface area (Å²) in [7, 11) is 2.09. The smallest absolute Gasteiger partial charge is 0.224 e. The zero-order chi connectivity index (χ0) is 14.4. The maximum Gasteiger partial charge on any atom is 0.224 e. The molecule has 1 aliphatic heterocycles. The van der Waals surface area contributed by atoms with Crippen molar-refractivity contribution >= 4 is 27.7 Å². The van der Waals surface area contributed by atoms with Crippen LogP contribution in [0.1, 0.15) is 26.2 Å². The van der Waals surface area contributed by atoms with Gasteiger partial charge in [0.15, 0.2) is 0 Å². The van der Waals surface area contributed by atoms with Crippen molar-refractivity contribution < 1.29 is 0 Å². The number of halogens is 1. The maximum atomic E-state index is 4.59. The minimum absolute atomic E-state index is 0.707. The number of aromatic nitrogens is 2. The highest BCUT2D eigenvalue weighted by atomic mass is 79.9. The van der Waals surface area contributed by atoms with Crippen LogP contribution >= 0.6 is 15.9 Å². The lowest BCUT2D eigenvalue weighted by Crippen LogP contribution is -2.32. The van der Waals surface area contributed by atoms with Gasteiger partial charge in [-0.3, -0.25) is 0 Å². The quantitative estimate of drug-likeness (QED) is 0.825. The molecule has 6 heteroatoms. The van der Waals surface area contributed by atoms with E-state index in [4.69, 9.17) is 0 Å². The second-order valence-corrected chi connectivity index (χ2v) is 6.12. The molecule has 0 amide bonds. The number of likely N-dealkylation sites (N-methyl/N-ethyl adjacent to an activating group) is 1. The van der Waals surface area contributed by atoms with Crippen LogP contribution in [-0.2, 0) is 0 Å². The van der Waals surface area contributed by atoms with E-state index in [1.54, 1.807) is 0 Å². The van der Waals surface area contributed by atoms with Crippen LogP contribution in [0.2, 0.25) is 0 Å². The molecule has 0 unspecified atom stereocenters. The van der Waals surface area contributed by atoms with Gasteiger partial charge in [-0.1, -0.05) is 6.92 Å². The molecule has 0 bridgehead atoms. The van der Waals surface area contributed by atoms with Gasteiger partial charge in [0.2, 0.25) is 5.95 Å². The molecular weight excluding hydrogens is 318 g/mol. The Hall–Kier alpha value is -0.880. The van der Waals surface area contributed by atoms with Gasteiger partial charge in [0.05, 0.1) is 4.47 Å². The van der Waals surface area contributed by atoms with Crippen LogP contribution in [0.3, 0.4) is 0 Å². The maximum absolute atomic E-state index is 4.59. The molecule has 0 spiro atoms. The number of likely N-dealkylation sites (tertiary alicyclic amines) is 1. The molecule has 0 aromatic carbocycles. The Balaban J connectivity index is 1.94. The van der Waals surface area contributed by atoms with Crippen molar-refractivity contribution in [2.75, 3.05) is 50.0 Å². The fraction of sp³-hybridized carbons (Fsp3) is 0.714. The fourth-order valence-electron chi connectivity index (χ4n) is 2.35. The van der Waals surface area contributed by atoms with Crippen LogP contribution in [0, 0.1) is 0 Å². The van der Waals surface area contributed by atoms with Crippen LogP contribution in [0.25, 0.3) is 0 Å². The Morgan fingerprint density at radius 2 is 2.15 bits per heavy atom. The molecule has 0 saturated carbocycles. The van der Waals surface area contributed by atoms with Crippen molar-refractivity contribution in [2.24, 2.45) is 0 Å². The molecule has 5 nitrogen and oxygen atoms in total. The Morgan fingerprint density at radius 1 is 1.40 bits per heavy atom. The van der Waals surface area contributed by atoms with Crippen molar-refractivity contribution in [3.63, 3.8) is 0 Å². The first-order valence-corrected chi connectivity index (χ1v) is 8.20. The number of nitrogens with zero attached hydrogens (tertiary/aromatic N) is 4. The van der Waals surface area contributed by atoms with Crippen molar-refractivity contribution in [3.8, 4) is 0 Å². The third-order valence-electron chi connectivity index (χ3n) is 3.57. The largest absolute Gasteiger partial charge is 0.357 e. The number of hydrogen-bond acceptors (Lipinski definition) is 5. The van der Waals surface area contributed by atoms with Crippen LogP contribution in [0.4, 0.5) is 11.8 Å². The van der Waals surface area contributed by atoms with Crippen molar-refractivity contribution in [1.82, 2.24) is 14.9 Å². The lowest BCUT2D eigenvalue weighted by Gasteiger charge is -2.23. The molecule has 1 aromatic rings. The second-order valence-electron chi connectivity index (χ2n) is 5.26. The summed E-state index contributed by atoms with van der Waals surface area (Å²) in [5.41, 5.74) is 0. The number of hydrogen-bond donors (Lipinski definition) is 1. The van der Waals surface area contributed by atoms with E-state index in [1.165, 1.54) is 25.9 Å². The zero-order valence-electron chi connectivity index (χ0n) is 12.4.